The molecule has 0 atom stereocenters. The molecule has 0 radical (unpaired) electrons. The number of rotatable bonds is 3. The molecule has 2 heterocycles. The molecule has 0 unspecified atom stereocenters. The van der Waals surface area contributed by atoms with Crippen molar-refractivity contribution in [3.8, 4) is 5.69 Å². The summed E-state index contributed by atoms with van der Waals surface area (Å²) in [6.07, 6.45) is 2.95. The maximum absolute atomic E-state index is 12.1. The van der Waals surface area contributed by atoms with Gasteiger partial charge in [0.2, 0.25) is 0 Å². The Morgan fingerprint density at radius 2 is 2.24 bits per heavy atom. The molecule has 0 fully saturated rings. The number of hydrogen-bond acceptors (Lipinski definition) is 5. The Morgan fingerprint density at radius 3 is 2.90 bits per heavy atom. The van der Waals surface area contributed by atoms with Gasteiger partial charge in [-0.3, -0.25) is 4.79 Å². The smallest absolute Gasteiger partial charge is 0.260 e. The van der Waals surface area contributed by atoms with Gasteiger partial charge in [0, 0.05) is 5.69 Å². The number of carbonyl (C=O) groups is 1. The van der Waals surface area contributed by atoms with E-state index in [2.05, 4.69) is 36.8 Å². The van der Waals surface area contributed by atoms with E-state index in [0.717, 1.165) is 11.3 Å². The zero-order valence-electron chi connectivity index (χ0n) is 10.9. The van der Waals surface area contributed by atoms with E-state index in [9.17, 15) is 4.79 Å². The number of tetrazole rings is 1. The third-order valence-corrected chi connectivity index (χ3v) is 3.54. The van der Waals surface area contributed by atoms with Crippen LogP contribution in [0.15, 0.2) is 45.9 Å². The molecule has 0 aliphatic rings. The highest BCUT2D eigenvalue weighted by molar-refractivity contribution is 9.10. The summed E-state index contributed by atoms with van der Waals surface area (Å²) in [7, 11) is 0. The Labute approximate surface area is 128 Å². The average Bonchev–Trinajstić information content (AvgIpc) is 3.12. The first-order valence-corrected chi connectivity index (χ1v) is 6.83. The fraction of sp³-hybridized carbons (Fsp3) is 0.0769. The van der Waals surface area contributed by atoms with Crippen LogP contribution in [0.4, 0.5) is 5.69 Å². The Balaban J connectivity index is 1.89. The maximum atomic E-state index is 12.1. The average molecular weight is 348 g/mol. The summed E-state index contributed by atoms with van der Waals surface area (Å²) in [6, 6.07) is 7.10. The molecule has 3 rings (SSSR count). The number of aromatic nitrogens is 4. The highest BCUT2D eigenvalue weighted by Crippen LogP contribution is 2.21. The highest BCUT2D eigenvalue weighted by atomic mass is 79.9. The first-order valence-electron chi connectivity index (χ1n) is 6.03. The SMILES string of the molecule is Cc1ccc(NC(=O)c2ccoc2Br)cc1-n1cnnn1. The third-order valence-electron chi connectivity index (χ3n) is 2.93. The Kier molecular flexibility index (Phi) is 3.53. The van der Waals surface area contributed by atoms with Crippen LogP contribution < -0.4 is 5.32 Å². The minimum Gasteiger partial charge on any atom is -0.457 e. The number of halogens is 1. The van der Waals surface area contributed by atoms with E-state index < -0.39 is 0 Å². The lowest BCUT2D eigenvalue weighted by atomic mass is 10.1. The molecule has 0 aliphatic heterocycles. The molecular weight excluding hydrogens is 338 g/mol. The van der Waals surface area contributed by atoms with Crippen molar-refractivity contribution in [2.75, 3.05) is 5.32 Å². The van der Waals surface area contributed by atoms with E-state index in [1.165, 1.54) is 12.6 Å². The highest BCUT2D eigenvalue weighted by Gasteiger charge is 2.13. The number of nitrogens with one attached hydrogen (secondary N) is 1. The number of aryl methyl sites for hydroxylation is 1. The van der Waals surface area contributed by atoms with Gasteiger partial charge < -0.3 is 9.73 Å². The number of nitrogens with zero attached hydrogens (tertiary/aromatic N) is 4. The summed E-state index contributed by atoms with van der Waals surface area (Å²) in [5.74, 6) is -0.262. The predicted octanol–water partition coefficient (Wildman–Crippen LogP) is 2.58. The topological polar surface area (TPSA) is 85.8 Å². The fourth-order valence-corrected chi connectivity index (χ4v) is 2.28. The number of carbonyl (C=O) groups excluding carboxylic acids is 1. The number of benzene rings is 1. The van der Waals surface area contributed by atoms with Crippen molar-refractivity contribution >= 4 is 27.5 Å². The molecule has 0 aliphatic carbocycles. The van der Waals surface area contributed by atoms with Crippen LogP contribution >= 0.6 is 15.9 Å². The largest absolute Gasteiger partial charge is 0.457 e. The molecule has 0 bridgehead atoms. The van der Waals surface area contributed by atoms with E-state index in [1.807, 2.05) is 19.1 Å². The van der Waals surface area contributed by atoms with Crippen LogP contribution in [0.5, 0.6) is 0 Å². The number of amides is 1. The van der Waals surface area contributed by atoms with Crippen LogP contribution in [0, 0.1) is 6.92 Å². The van der Waals surface area contributed by atoms with Crippen LogP contribution in [0.3, 0.4) is 0 Å². The standard InChI is InChI=1S/C13H10BrN5O2/c1-8-2-3-9(6-11(8)19-7-15-17-18-19)16-13(20)10-4-5-21-12(10)14/h2-7H,1H3,(H,16,20). The van der Waals surface area contributed by atoms with Crippen molar-refractivity contribution < 1.29 is 9.21 Å². The first-order chi connectivity index (χ1) is 10.1. The number of hydrogen-bond donors (Lipinski definition) is 1. The van der Waals surface area contributed by atoms with Crippen molar-refractivity contribution in [1.82, 2.24) is 20.2 Å². The summed E-state index contributed by atoms with van der Waals surface area (Å²) in [5, 5.41) is 13.9. The normalized spacial score (nSPS) is 10.6. The van der Waals surface area contributed by atoms with E-state index in [1.54, 1.807) is 16.8 Å². The Morgan fingerprint density at radius 1 is 1.38 bits per heavy atom. The molecule has 7 nitrogen and oxygen atoms in total. The lowest BCUT2D eigenvalue weighted by molar-refractivity contribution is 0.102. The molecule has 3 aromatic rings. The van der Waals surface area contributed by atoms with E-state index >= 15 is 0 Å². The molecule has 21 heavy (non-hydrogen) atoms. The summed E-state index contributed by atoms with van der Waals surface area (Å²) in [5.41, 5.74) is 2.86. The van der Waals surface area contributed by atoms with Gasteiger partial charge in [-0.25, -0.2) is 4.68 Å². The molecule has 106 valence electrons. The second kappa shape index (κ2) is 5.49. The lowest BCUT2D eigenvalue weighted by Gasteiger charge is -2.09. The Hall–Kier alpha value is -2.48. The third kappa shape index (κ3) is 2.70. The molecule has 0 saturated heterocycles. The van der Waals surface area contributed by atoms with Crippen LogP contribution in [0.25, 0.3) is 5.69 Å². The van der Waals surface area contributed by atoms with Gasteiger partial charge in [0.1, 0.15) is 6.33 Å². The molecule has 2 aromatic heterocycles. The lowest BCUT2D eigenvalue weighted by Crippen LogP contribution is -2.12. The molecule has 0 saturated carbocycles. The van der Waals surface area contributed by atoms with Crippen molar-refractivity contribution in [3.05, 3.63) is 52.7 Å². The van der Waals surface area contributed by atoms with Gasteiger partial charge in [-0.15, -0.1) is 5.10 Å². The summed E-state index contributed by atoms with van der Waals surface area (Å²) < 4.78 is 6.99. The Bertz CT molecular complexity index is 782. The molecule has 1 aromatic carbocycles. The van der Waals surface area contributed by atoms with Gasteiger partial charge in [0.25, 0.3) is 5.91 Å². The molecule has 1 amide bonds. The van der Waals surface area contributed by atoms with Crippen LogP contribution in [-0.4, -0.2) is 26.1 Å². The van der Waals surface area contributed by atoms with Crippen molar-refractivity contribution in [1.29, 1.82) is 0 Å². The van der Waals surface area contributed by atoms with Gasteiger partial charge in [0.15, 0.2) is 4.67 Å². The van der Waals surface area contributed by atoms with Crippen LogP contribution in [0.1, 0.15) is 15.9 Å². The van der Waals surface area contributed by atoms with Gasteiger partial charge >= 0.3 is 0 Å². The summed E-state index contributed by atoms with van der Waals surface area (Å²) >= 11 is 3.18. The zero-order chi connectivity index (χ0) is 14.8. The predicted molar refractivity (Wildman–Crippen MR) is 78.3 cm³/mol. The maximum Gasteiger partial charge on any atom is 0.260 e. The van der Waals surface area contributed by atoms with E-state index in [-0.39, 0.29) is 5.91 Å². The number of furan rings is 1. The van der Waals surface area contributed by atoms with Gasteiger partial charge in [0.05, 0.1) is 17.5 Å². The zero-order valence-corrected chi connectivity index (χ0v) is 12.5. The second-order valence-corrected chi connectivity index (χ2v) is 5.04. The minimum absolute atomic E-state index is 0.262. The van der Waals surface area contributed by atoms with Gasteiger partial charge in [-0.1, -0.05) is 6.07 Å². The van der Waals surface area contributed by atoms with Crippen LogP contribution in [0.2, 0.25) is 0 Å². The quantitative estimate of drug-likeness (QED) is 0.786. The summed E-state index contributed by atoms with van der Waals surface area (Å²) in [4.78, 5) is 12.1. The van der Waals surface area contributed by atoms with E-state index in [4.69, 9.17) is 4.42 Å². The van der Waals surface area contributed by atoms with Crippen molar-refractivity contribution in [2.45, 2.75) is 6.92 Å². The monoisotopic (exact) mass is 347 g/mol. The van der Waals surface area contributed by atoms with Crippen molar-refractivity contribution in [2.24, 2.45) is 0 Å². The second-order valence-electron chi connectivity index (χ2n) is 4.32. The minimum atomic E-state index is -0.262. The van der Waals surface area contributed by atoms with Gasteiger partial charge in [-0.05, 0) is 57.0 Å². The molecule has 8 heteroatoms. The van der Waals surface area contributed by atoms with Crippen LogP contribution in [-0.2, 0) is 0 Å². The van der Waals surface area contributed by atoms with E-state index in [0.29, 0.717) is 15.9 Å². The molecular formula is C13H10BrN5O2. The van der Waals surface area contributed by atoms with Gasteiger partial charge in [-0.2, -0.15) is 0 Å². The number of anilines is 1. The fourth-order valence-electron chi connectivity index (χ4n) is 1.86. The summed E-state index contributed by atoms with van der Waals surface area (Å²) in [6.45, 7) is 1.94. The first kappa shape index (κ1) is 13.5. The van der Waals surface area contributed by atoms with Crippen molar-refractivity contribution in [3.63, 3.8) is 0 Å². The molecule has 0 spiro atoms. The molecule has 1 N–H and O–H groups in total.